The van der Waals surface area contributed by atoms with Crippen LogP contribution < -0.4 is 9.47 Å². The van der Waals surface area contributed by atoms with Gasteiger partial charge in [0.05, 0.1) is 14.2 Å². The lowest BCUT2D eigenvalue weighted by molar-refractivity contribution is -0.137. The zero-order chi connectivity index (χ0) is 96.9. The zero-order valence-electron chi connectivity index (χ0n) is 80.5. The summed E-state index contributed by atoms with van der Waals surface area (Å²) < 4.78 is 21.6. The van der Waals surface area contributed by atoms with Gasteiger partial charge in [-0.2, -0.15) is 0 Å². The molecular formula is C114H126Cl2O16. The number of carbonyl (C=O) groups is 12. The standard InChI is InChI=1S/C22H26O3.C21H23ClO4.C19H22O2.C18H19ClO3.2C17H18O2/c1-4-5-16-10-14(2)21(15(3)11-16)22-19(23)12-18(13-20(22)24)17-6-8-25-9-7-17;1-3-4-13-9-16(22)20(19(10-13)25-2)21-17(23)11-15(12-18(21)24)14-5-7-26-8-6-14;1-6-7-14-8-12(2)17(13(3)9-14)18-15(20)10-19(4,5)11-16(18)21;1-5-6-11-7-12(19)16(15(8-11)22-4)17-13(20)9-18(2,3)10-14(17)21;2*1-4-6-13-9-11(2)16(12(3)10-13)17-14(18)7-5-8-15(17)19/h10-11,17-18,22H,6-9,12-13H2,1-3H3;9-10,14-15,21H,5-8,11-12H2,1-2H3;8-9,18H,10-11H2,1-5H3;7-8,17H,9-10H2,1-4H3;2*9-10,17H,5,7-8H2,1-3H3. The Hall–Kier alpha value is -11.2. The molecule has 0 amide bonds. The first-order chi connectivity index (χ1) is 62.7. The van der Waals surface area contributed by atoms with Crippen LogP contribution in [0.15, 0.2) is 72.8 Å². The lowest BCUT2D eigenvalue weighted by atomic mass is 9.68. The Labute approximate surface area is 791 Å². The first-order valence-corrected chi connectivity index (χ1v) is 46.7. The number of benzene rings is 6. The fourth-order valence-corrected chi connectivity index (χ4v) is 21.3. The van der Waals surface area contributed by atoms with Crippen LogP contribution in [0.2, 0.25) is 10.0 Å². The van der Waals surface area contributed by atoms with Crippen LogP contribution in [0.4, 0.5) is 0 Å². The third-order valence-electron chi connectivity index (χ3n) is 26.2. The van der Waals surface area contributed by atoms with Gasteiger partial charge in [-0.15, -0.1) is 35.5 Å². The summed E-state index contributed by atoms with van der Waals surface area (Å²) in [4.78, 5) is 150. The molecule has 0 bridgehead atoms. The van der Waals surface area contributed by atoms with E-state index < -0.39 is 35.5 Å². The monoisotopic (exact) mass is 1820 g/mol. The Morgan fingerprint density at radius 2 is 0.477 bits per heavy atom. The van der Waals surface area contributed by atoms with Gasteiger partial charge in [0, 0.05) is 158 Å². The van der Waals surface area contributed by atoms with E-state index in [0.29, 0.717) is 159 Å². The molecule has 0 N–H and O–H groups in total. The van der Waals surface area contributed by atoms with E-state index >= 15 is 0 Å². The number of ketones is 12. The molecule has 18 heteroatoms. The van der Waals surface area contributed by atoms with Crippen molar-refractivity contribution in [2.45, 2.75) is 276 Å². The molecule has 6 aromatic rings. The summed E-state index contributed by atoms with van der Waals surface area (Å²) in [7, 11) is 3.01. The summed E-state index contributed by atoms with van der Waals surface area (Å²) in [5.41, 5.74) is 17.1. The molecule has 14 rings (SSSR count). The second-order valence-electron chi connectivity index (χ2n) is 37.7. The lowest BCUT2D eigenvalue weighted by Crippen LogP contribution is -2.37. The zero-order valence-corrected chi connectivity index (χ0v) is 82.1. The molecule has 6 aromatic carbocycles. The van der Waals surface area contributed by atoms with Crippen molar-refractivity contribution in [2.24, 2.45) is 34.5 Å². The molecule has 0 unspecified atom stereocenters. The Morgan fingerprint density at radius 1 is 0.280 bits per heavy atom. The van der Waals surface area contributed by atoms with Gasteiger partial charge in [-0.25, -0.2) is 0 Å². The van der Waals surface area contributed by atoms with Crippen LogP contribution in [-0.4, -0.2) is 110 Å². The van der Waals surface area contributed by atoms with Crippen LogP contribution >= 0.6 is 23.2 Å². The average molecular weight is 1820 g/mol. The second-order valence-corrected chi connectivity index (χ2v) is 38.5. The summed E-state index contributed by atoms with van der Waals surface area (Å²) in [6, 6.07) is 22.6. The predicted molar refractivity (Wildman–Crippen MR) is 518 cm³/mol. The van der Waals surface area contributed by atoms with Gasteiger partial charge in [0.25, 0.3) is 0 Å². The SMILES string of the molecule is CC#Cc1cc(C)c(C2C(=O)CC(C)(C)CC2=O)c(C)c1.CC#Cc1cc(C)c(C2C(=O)CC(C3CCOCC3)CC2=O)c(C)c1.CC#Cc1cc(C)c(C2C(=O)CCCC2=O)c(C)c1.CC#Cc1cc(C)c(C2C(=O)CCCC2=O)c(C)c1.CC#Cc1cc(Cl)c(C2C(=O)CC(C)(C)CC2=O)c(OC)c1.CC#Cc1cc(Cl)c(C2C(=O)CC(C3CCOCC3)CC2=O)c(OC)c1. The maximum atomic E-state index is 12.9. The topological polar surface area (TPSA) is 242 Å². The molecule has 2 saturated heterocycles. The minimum Gasteiger partial charge on any atom is -0.496 e. The maximum absolute atomic E-state index is 12.9. The summed E-state index contributed by atoms with van der Waals surface area (Å²) in [6.45, 7) is 37.1. The molecule has 0 atom stereocenters. The van der Waals surface area contributed by atoms with E-state index in [-0.39, 0.29) is 92.1 Å². The van der Waals surface area contributed by atoms with Crippen LogP contribution in [0, 0.1) is 161 Å². The maximum Gasteiger partial charge on any atom is 0.148 e. The largest absolute Gasteiger partial charge is 0.496 e. The fraction of sp³-hybridized carbons (Fsp3) is 0.474. The third-order valence-corrected chi connectivity index (χ3v) is 26.9. The molecule has 8 aliphatic rings. The number of rotatable bonds is 10. The van der Waals surface area contributed by atoms with Crippen molar-refractivity contribution in [1.29, 1.82) is 0 Å². The Bertz CT molecular complexity index is 5630. The summed E-state index contributed by atoms with van der Waals surface area (Å²) in [5, 5.41) is 0.710. The van der Waals surface area contributed by atoms with E-state index in [4.69, 9.17) is 42.1 Å². The second kappa shape index (κ2) is 47.4. The van der Waals surface area contributed by atoms with Gasteiger partial charge < -0.3 is 18.9 Å². The summed E-state index contributed by atoms with van der Waals surface area (Å²) in [5.74, 6) is 33.5. The van der Waals surface area contributed by atoms with Crippen LogP contribution in [0.1, 0.15) is 332 Å². The van der Waals surface area contributed by atoms with Gasteiger partial charge in [0.15, 0.2) is 0 Å². The van der Waals surface area contributed by atoms with Crippen LogP contribution in [0.25, 0.3) is 0 Å². The number of methoxy groups -OCH3 is 2. The van der Waals surface area contributed by atoms with Gasteiger partial charge >= 0.3 is 0 Å². The molecule has 0 spiro atoms. The molecule has 692 valence electrons. The van der Waals surface area contributed by atoms with E-state index in [9.17, 15) is 57.5 Å². The minimum atomic E-state index is -0.836. The van der Waals surface area contributed by atoms with Gasteiger partial charge in [-0.1, -0.05) is 86.4 Å². The van der Waals surface area contributed by atoms with Crippen molar-refractivity contribution < 1.29 is 76.5 Å². The van der Waals surface area contributed by atoms with E-state index in [2.05, 4.69) is 71.0 Å². The van der Waals surface area contributed by atoms with Crippen LogP contribution in [-0.2, 0) is 67.0 Å². The van der Waals surface area contributed by atoms with Crippen molar-refractivity contribution >= 4 is 92.6 Å². The predicted octanol–water partition coefficient (Wildman–Crippen LogP) is 21.2. The molecule has 0 aromatic heterocycles. The molecule has 2 heterocycles. The van der Waals surface area contributed by atoms with Crippen molar-refractivity contribution in [2.75, 3.05) is 40.6 Å². The number of carbonyl (C=O) groups excluding carboxylic acids is 12. The van der Waals surface area contributed by atoms with Gasteiger partial charge in [0.2, 0.25) is 0 Å². The number of ether oxygens (including phenoxy) is 4. The van der Waals surface area contributed by atoms with Crippen molar-refractivity contribution in [3.8, 4) is 82.5 Å². The Morgan fingerprint density at radius 3 is 0.697 bits per heavy atom. The highest BCUT2D eigenvalue weighted by atomic mass is 35.5. The quantitative estimate of drug-likeness (QED) is 0.0914. The Kier molecular flexibility index (Phi) is 37.6. The molecule has 16 nitrogen and oxygen atoms in total. The lowest BCUT2D eigenvalue weighted by Gasteiger charge is -2.35. The fourth-order valence-electron chi connectivity index (χ4n) is 20.7. The third kappa shape index (κ3) is 26.2. The van der Waals surface area contributed by atoms with E-state index in [1.165, 1.54) is 14.2 Å². The molecule has 6 saturated carbocycles. The molecule has 6 aliphatic carbocycles. The highest BCUT2D eigenvalue weighted by molar-refractivity contribution is 6.33. The summed E-state index contributed by atoms with van der Waals surface area (Å²) in [6.07, 6.45) is 10.8. The summed E-state index contributed by atoms with van der Waals surface area (Å²) >= 11 is 12.8. The number of halogens is 2. The molecule has 132 heavy (non-hydrogen) atoms. The van der Waals surface area contributed by atoms with E-state index in [1.807, 2.05) is 139 Å². The van der Waals surface area contributed by atoms with Crippen molar-refractivity contribution in [3.05, 3.63) is 194 Å². The van der Waals surface area contributed by atoms with E-state index in [0.717, 1.165) is 128 Å². The van der Waals surface area contributed by atoms with E-state index in [1.54, 1.807) is 58.9 Å². The van der Waals surface area contributed by atoms with Crippen molar-refractivity contribution in [3.63, 3.8) is 0 Å². The normalized spacial score (nSPS) is 20.0. The molecule has 2 aliphatic heterocycles. The first kappa shape index (κ1) is 105. The number of hydrogen-bond donors (Lipinski definition) is 0. The highest BCUT2D eigenvalue weighted by Crippen LogP contribution is 2.48. The Balaban J connectivity index is 0.000000179. The number of hydrogen-bond acceptors (Lipinski definition) is 16. The van der Waals surface area contributed by atoms with Crippen LogP contribution in [0.3, 0.4) is 0 Å². The molecule has 8 fully saturated rings. The van der Waals surface area contributed by atoms with Gasteiger partial charge in [-0.05, 0) is 310 Å². The highest BCUT2D eigenvalue weighted by Gasteiger charge is 2.47. The van der Waals surface area contributed by atoms with Gasteiger partial charge in [-0.3, -0.25) is 57.5 Å². The number of aryl methyl sites for hydroxylation is 8. The van der Waals surface area contributed by atoms with Crippen LogP contribution in [0.5, 0.6) is 11.5 Å². The smallest absolute Gasteiger partial charge is 0.148 e. The van der Waals surface area contributed by atoms with Gasteiger partial charge in [0.1, 0.15) is 116 Å². The average Bonchev–Trinajstić information content (AvgIpc) is 0.723. The van der Waals surface area contributed by atoms with Crippen molar-refractivity contribution in [1.82, 2.24) is 0 Å². The minimum absolute atomic E-state index is 0.0526. The molecular weight excluding hydrogens is 1700 g/mol. The first-order valence-electron chi connectivity index (χ1n) is 45.9. The number of Topliss-reactive ketones (excluding diaryl/α,β-unsaturated/α-hetero) is 12. The molecule has 0 radical (unpaired) electrons.